The van der Waals surface area contributed by atoms with E-state index in [0.717, 1.165) is 16.3 Å². The summed E-state index contributed by atoms with van der Waals surface area (Å²) in [5.41, 5.74) is 2.17. The third-order valence-corrected chi connectivity index (χ3v) is 5.52. The largest absolute Gasteiger partial charge is 0.280 e. The molecule has 4 nitrogen and oxygen atoms in total. The molecule has 0 unspecified atom stereocenters. The number of halogens is 1. The van der Waals surface area contributed by atoms with E-state index in [1.807, 2.05) is 18.4 Å². The van der Waals surface area contributed by atoms with Crippen LogP contribution in [0.3, 0.4) is 0 Å². The van der Waals surface area contributed by atoms with Crippen LogP contribution in [-0.4, -0.2) is 13.4 Å². The maximum absolute atomic E-state index is 12.4. The van der Waals surface area contributed by atoms with Crippen LogP contribution >= 0.6 is 22.9 Å². The number of sulfonamides is 1. The Balaban J connectivity index is 1.91. The van der Waals surface area contributed by atoms with Crippen LogP contribution in [0.4, 0.5) is 5.69 Å². The van der Waals surface area contributed by atoms with Crippen molar-refractivity contribution in [1.82, 2.24) is 4.98 Å². The van der Waals surface area contributed by atoms with Crippen LogP contribution in [0.25, 0.3) is 11.3 Å². The number of rotatable bonds is 4. The molecule has 0 radical (unpaired) electrons. The Morgan fingerprint density at radius 2 is 1.91 bits per heavy atom. The first-order valence-electron chi connectivity index (χ1n) is 6.75. The molecule has 0 spiro atoms. The molecule has 7 heteroatoms. The van der Waals surface area contributed by atoms with Crippen LogP contribution in [0.1, 0.15) is 5.01 Å². The lowest BCUT2D eigenvalue weighted by atomic mass is 10.1. The lowest BCUT2D eigenvalue weighted by Crippen LogP contribution is -2.12. The van der Waals surface area contributed by atoms with Crippen LogP contribution in [-0.2, 0) is 10.0 Å². The number of aromatic nitrogens is 1. The van der Waals surface area contributed by atoms with Crippen molar-refractivity contribution >= 4 is 38.6 Å². The second-order valence-electron chi connectivity index (χ2n) is 4.90. The molecule has 23 heavy (non-hydrogen) atoms. The molecule has 3 aromatic rings. The summed E-state index contributed by atoms with van der Waals surface area (Å²) < 4.78 is 27.4. The number of thiazole rings is 1. The van der Waals surface area contributed by atoms with Crippen molar-refractivity contribution < 1.29 is 8.42 Å². The second kappa shape index (κ2) is 6.31. The first-order chi connectivity index (χ1) is 10.9. The molecule has 0 aliphatic carbocycles. The minimum Gasteiger partial charge on any atom is -0.280 e. The summed E-state index contributed by atoms with van der Waals surface area (Å²) in [5, 5.41) is 3.28. The van der Waals surface area contributed by atoms with Gasteiger partial charge in [0.15, 0.2) is 0 Å². The van der Waals surface area contributed by atoms with Gasteiger partial charge in [-0.2, -0.15) is 0 Å². The first kappa shape index (κ1) is 16.0. The van der Waals surface area contributed by atoms with Gasteiger partial charge in [0.2, 0.25) is 0 Å². The minimum atomic E-state index is -3.68. The summed E-state index contributed by atoms with van der Waals surface area (Å²) in [6, 6.07) is 13.3. The van der Waals surface area contributed by atoms with E-state index in [0.29, 0.717) is 10.7 Å². The third kappa shape index (κ3) is 3.72. The molecule has 118 valence electrons. The molecule has 1 heterocycles. The van der Waals surface area contributed by atoms with Crippen LogP contribution in [0.15, 0.2) is 58.8 Å². The van der Waals surface area contributed by atoms with Crippen LogP contribution in [0.5, 0.6) is 0 Å². The predicted octanol–water partition coefficient (Wildman–Crippen LogP) is 4.57. The highest BCUT2D eigenvalue weighted by Gasteiger charge is 2.15. The Hall–Kier alpha value is -1.89. The fourth-order valence-corrected chi connectivity index (χ4v) is 4.06. The zero-order valence-corrected chi connectivity index (χ0v) is 14.5. The average Bonchev–Trinajstić information content (AvgIpc) is 2.94. The zero-order chi connectivity index (χ0) is 16.4. The summed E-state index contributed by atoms with van der Waals surface area (Å²) in [5.74, 6) is 0. The van der Waals surface area contributed by atoms with Gasteiger partial charge in [0, 0.05) is 21.7 Å². The van der Waals surface area contributed by atoms with Crippen LogP contribution in [0.2, 0.25) is 5.02 Å². The van der Waals surface area contributed by atoms with Crippen LogP contribution in [0, 0.1) is 6.92 Å². The molecular formula is C16H13ClN2O2S2. The Morgan fingerprint density at radius 3 is 2.61 bits per heavy atom. The molecule has 1 aromatic heterocycles. The Bertz CT molecular complexity index is 952. The van der Waals surface area contributed by atoms with Crippen molar-refractivity contribution in [2.24, 2.45) is 0 Å². The number of hydrogen-bond donors (Lipinski definition) is 1. The molecular weight excluding hydrogens is 352 g/mol. The topological polar surface area (TPSA) is 59.1 Å². The fourth-order valence-electron chi connectivity index (χ4n) is 2.09. The molecule has 0 amide bonds. The Morgan fingerprint density at radius 1 is 1.13 bits per heavy atom. The Kier molecular flexibility index (Phi) is 4.39. The first-order valence-corrected chi connectivity index (χ1v) is 9.49. The molecule has 0 saturated carbocycles. The van der Waals surface area contributed by atoms with Gasteiger partial charge in [-0.25, -0.2) is 13.4 Å². The van der Waals surface area contributed by atoms with Gasteiger partial charge in [0.05, 0.1) is 15.6 Å². The van der Waals surface area contributed by atoms with Crippen molar-refractivity contribution in [2.45, 2.75) is 11.8 Å². The number of nitrogens with zero attached hydrogens (tertiary/aromatic N) is 1. The number of benzene rings is 2. The van der Waals surface area contributed by atoms with Gasteiger partial charge in [0.1, 0.15) is 0 Å². The molecule has 0 saturated heterocycles. The molecule has 0 fully saturated rings. The summed E-state index contributed by atoms with van der Waals surface area (Å²) in [4.78, 5) is 4.54. The van der Waals surface area contributed by atoms with E-state index in [4.69, 9.17) is 11.6 Å². The number of aryl methyl sites for hydroxylation is 1. The maximum atomic E-state index is 12.4. The van der Waals surface area contributed by atoms with Crippen molar-refractivity contribution in [3.05, 3.63) is 63.9 Å². The number of anilines is 1. The lowest BCUT2D eigenvalue weighted by Gasteiger charge is -2.09. The summed E-state index contributed by atoms with van der Waals surface area (Å²) in [6.45, 7) is 1.93. The number of nitrogens with one attached hydrogen (secondary N) is 1. The Labute approximate surface area is 143 Å². The normalized spacial score (nSPS) is 11.4. The van der Waals surface area contributed by atoms with E-state index < -0.39 is 10.0 Å². The van der Waals surface area contributed by atoms with Crippen molar-refractivity contribution in [3.63, 3.8) is 0 Å². The standard InChI is InChI=1S/C16H13ClN2O2S2/c1-11-18-16(10-22-11)12-4-2-6-14(8-12)19-23(20,21)15-7-3-5-13(17)9-15/h2-10,19H,1H3. The highest BCUT2D eigenvalue weighted by Crippen LogP contribution is 2.26. The van der Waals surface area contributed by atoms with Gasteiger partial charge < -0.3 is 0 Å². The van der Waals surface area contributed by atoms with Crippen molar-refractivity contribution in [1.29, 1.82) is 0 Å². The van der Waals surface area contributed by atoms with Gasteiger partial charge in [-0.05, 0) is 37.3 Å². The zero-order valence-electron chi connectivity index (χ0n) is 12.2. The van der Waals surface area contributed by atoms with E-state index >= 15 is 0 Å². The van der Waals surface area contributed by atoms with Gasteiger partial charge in [-0.15, -0.1) is 11.3 Å². The van der Waals surface area contributed by atoms with E-state index in [1.54, 1.807) is 41.7 Å². The third-order valence-electron chi connectivity index (χ3n) is 3.14. The highest BCUT2D eigenvalue weighted by molar-refractivity contribution is 7.92. The van der Waals surface area contributed by atoms with Gasteiger partial charge in [-0.1, -0.05) is 29.8 Å². The quantitative estimate of drug-likeness (QED) is 0.737. The SMILES string of the molecule is Cc1nc(-c2cccc(NS(=O)(=O)c3cccc(Cl)c3)c2)cs1. The fraction of sp³-hybridized carbons (Fsp3) is 0.0625. The molecule has 0 bridgehead atoms. The smallest absolute Gasteiger partial charge is 0.261 e. The van der Waals surface area contributed by atoms with E-state index in [9.17, 15) is 8.42 Å². The van der Waals surface area contributed by atoms with E-state index in [2.05, 4.69) is 9.71 Å². The molecule has 2 aromatic carbocycles. The molecule has 0 aliphatic rings. The van der Waals surface area contributed by atoms with Crippen molar-refractivity contribution in [3.8, 4) is 11.3 Å². The average molecular weight is 365 g/mol. The van der Waals surface area contributed by atoms with E-state index in [-0.39, 0.29) is 4.90 Å². The minimum absolute atomic E-state index is 0.125. The monoisotopic (exact) mass is 364 g/mol. The molecule has 0 aliphatic heterocycles. The van der Waals surface area contributed by atoms with E-state index in [1.165, 1.54) is 12.1 Å². The summed E-state index contributed by atoms with van der Waals surface area (Å²) in [7, 11) is -3.68. The molecule has 0 atom stereocenters. The lowest BCUT2D eigenvalue weighted by molar-refractivity contribution is 0.601. The maximum Gasteiger partial charge on any atom is 0.261 e. The second-order valence-corrected chi connectivity index (χ2v) is 8.08. The van der Waals surface area contributed by atoms with Crippen LogP contribution < -0.4 is 4.72 Å². The predicted molar refractivity (Wildman–Crippen MR) is 94.5 cm³/mol. The summed E-state index contributed by atoms with van der Waals surface area (Å²) in [6.07, 6.45) is 0. The molecule has 1 N–H and O–H groups in total. The number of hydrogen-bond acceptors (Lipinski definition) is 4. The van der Waals surface area contributed by atoms with Gasteiger partial charge >= 0.3 is 0 Å². The van der Waals surface area contributed by atoms with Crippen molar-refractivity contribution in [2.75, 3.05) is 4.72 Å². The molecule has 3 rings (SSSR count). The van der Waals surface area contributed by atoms with Gasteiger partial charge in [-0.3, -0.25) is 4.72 Å². The van der Waals surface area contributed by atoms with Gasteiger partial charge in [0.25, 0.3) is 10.0 Å². The highest BCUT2D eigenvalue weighted by atomic mass is 35.5. The summed E-state index contributed by atoms with van der Waals surface area (Å²) >= 11 is 7.41.